The second-order valence-corrected chi connectivity index (χ2v) is 9.83. The molecule has 176 valence electrons. The van der Waals surface area contributed by atoms with Gasteiger partial charge in [-0.3, -0.25) is 5.43 Å². The van der Waals surface area contributed by atoms with Crippen molar-refractivity contribution in [3.8, 4) is 11.5 Å². The Balaban J connectivity index is 1.52. The van der Waals surface area contributed by atoms with Crippen LogP contribution in [0.15, 0.2) is 65.8 Å². The molecule has 1 heterocycles. The second-order valence-electron chi connectivity index (χ2n) is 9.02. The number of fused-ring (bicyclic) bond motifs is 1. The van der Waals surface area contributed by atoms with E-state index in [0.29, 0.717) is 23.2 Å². The van der Waals surface area contributed by atoms with Gasteiger partial charge in [0, 0.05) is 12.0 Å². The maximum atomic E-state index is 6.31. The summed E-state index contributed by atoms with van der Waals surface area (Å²) >= 11 is 11.8. The van der Waals surface area contributed by atoms with Crippen LogP contribution in [-0.4, -0.2) is 16.4 Å². The van der Waals surface area contributed by atoms with Crippen molar-refractivity contribution in [2.24, 2.45) is 5.10 Å². The first kappa shape index (κ1) is 24.0. The summed E-state index contributed by atoms with van der Waals surface area (Å²) in [5.41, 5.74) is 8.44. The van der Waals surface area contributed by atoms with Crippen LogP contribution in [-0.2, 0) is 6.61 Å². The molecule has 0 fully saturated rings. The standard InChI is InChI=1S/C27H28ClN3O2S/c1-17-9-11-23(22(28)13-17)29-26(34)31-30-24-15-27(3,4)33-25-12-10-20(14-21(24)25)32-16-19-8-6-5-7-18(19)2/h5-14H,15-16H2,1-4H3,(H2,29,31,34)/b30-24-. The normalized spacial score (nSPS) is 15.3. The lowest BCUT2D eigenvalue weighted by Gasteiger charge is -2.33. The number of ether oxygens (including phenoxy) is 2. The van der Waals surface area contributed by atoms with Crippen LogP contribution in [0.2, 0.25) is 5.02 Å². The van der Waals surface area contributed by atoms with Crippen molar-refractivity contribution in [2.75, 3.05) is 5.32 Å². The minimum absolute atomic E-state index is 0.357. The quantitative estimate of drug-likeness (QED) is 0.303. The smallest absolute Gasteiger partial charge is 0.191 e. The molecule has 2 N–H and O–H groups in total. The van der Waals surface area contributed by atoms with E-state index in [0.717, 1.165) is 39.6 Å². The molecule has 34 heavy (non-hydrogen) atoms. The Kier molecular flexibility index (Phi) is 7.10. The van der Waals surface area contributed by atoms with Gasteiger partial charge in [-0.2, -0.15) is 5.10 Å². The zero-order chi connectivity index (χ0) is 24.3. The van der Waals surface area contributed by atoms with Gasteiger partial charge in [-0.05, 0) is 86.9 Å². The predicted octanol–water partition coefficient (Wildman–Crippen LogP) is 6.79. The molecule has 0 aromatic heterocycles. The van der Waals surface area contributed by atoms with Gasteiger partial charge in [-0.1, -0.05) is 41.9 Å². The number of aryl methyl sites for hydroxylation is 2. The van der Waals surface area contributed by atoms with Crippen LogP contribution in [0.5, 0.6) is 11.5 Å². The topological polar surface area (TPSA) is 54.9 Å². The van der Waals surface area contributed by atoms with Gasteiger partial charge in [0.1, 0.15) is 23.7 Å². The molecule has 0 aliphatic carbocycles. The van der Waals surface area contributed by atoms with Gasteiger partial charge in [-0.15, -0.1) is 0 Å². The Morgan fingerprint density at radius 1 is 1.12 bits per heavy atom. The summed E-state index contributed by atoms with van der Waals surface area (Å²) < 4.78 is 12.3. The average molecular weight is 494 g/mol. The fourth-order valence-corrected chi connectivity index (χ4v) is 4.21. The Bertz CT molecular complexity index is 1260. The van der Waals surface area contributed by atoms with Crippen molar-refractivity contribution in [1.29, 1.82) is 0 Å². The third-order valence-electron chi connectivity index (χ3n) is 5.56. The first-order valence-corrected chi connectivity index (χ1v) is 11.9. The maximum Gasteiger partial charge on any atom is 0.191 e. The summed E-state index contributed by atoms with van der Waals surface area (Å²) in [5, 5.41) is 8.68. The molecule has 3 aromatic rings. The minimum Gasteiger partial charge on any atom is -0.489 e. The van der Waals surface area contributed by atoms with Crippen LogP contribution in [0.1, 0.15) is 42.5 Å². The zero-order valence-electron chi connectivity index (χ0n) is 19.7. The SMILES string of the molecule is Cc1ccc(NC(=S)N/N=C2/CC(C)(C)Oc3ccc(OCc4ccccc4C)cc32)c(Cl)c1. The molecule has 5 nitrogen and oxygen atoms in total. The van der Waals surface area contributed by atoms with E-state index in [9.17, 15) is 0 Å². The number of rotatable bonds is 5. The Labute approximate surface area is 211 Å². The van der Waals surface area contributed by atoms with Crippen LogP contribution < -0.4 is 20.2 Å². The van der Waals surface area contributed by atoms with Crippen LogP contribution >= 0.6 is 23.8 Å². The lowest BCUT2D eigenvalue weighted by Crippen LogP contribution is -2.37. The fourth-order valence-electron chi connectivity index (χ4n) is 3.77. The lowest BCUT2D eigenvalue weighted by atomic mass is 9.92. The van der Waals surface area contributed by atoms with E-state index in [1.807, 2.05) is 69.3 Å². The molecule has 1 aliphatic rings. The number of hydrazone groups is 1. The molecule has 0 saturated carbocycles. The zero-order valence-corrected chi connectivity index (χ0v) is 21.3. The second kappa shape index (κ2) is 10.0. The summed E-state index contributed by atoms with van der Waals surface area (Å²) in [6, 6.07) is 19.8. The molecule has 0 spiro atoms. The molecule has 0 bridgehead atoms. The number of hydrogen-bond donors (Lipinski definition) is 2. The number of nitrogens with one attached hydrogen (secondary N) is 2. The van der Waals surface area contributed by atoms with E-state index in [2.05, 4.69) is 34.9 Å². The van der Waals surface area contributed by atoms with E-state index < -0.39 is 5.60 Å². The Morgan fingerprint density at radius 2 is 1.91 bits per heavy atom. The van der Waals surface area contributed by atoms with Crippen molar-refractivity contribution in [1.82, 2.24) is 5.43 Å². The van der Waals surface area contributed by atoms with E-state index in [-0.39, 0.29) is 0 Å². The number of anilines is 1. The van der Waals surface area contributed by atoms with Crippen molar-refractivity contribution < 1.29 is 9.47 Å². The van der Waals surface area contributed by atoms with Gasteiger partial charge >= 0.3 is 0 Å². The Morgan fingerprint density at radius 3 is 2.68 bits per heavy atom. The number of benzene rings is 3. The van der Waals surface area contributed by atoms with Gasteiger partial charge in [0.25, 0.3) is 0 Å². The fraction of sp³-hybridized carbons (Fsp3) is 0.259. The van der Waals surface area contributed by atoms with E-state index >= 15 is 0 Å². The van der Waals surface area contributed by atoms with Gasteiger partial charge in [-0.25, -0.2) is 0 Å². The van der Waals surface area contributed by atoms with Gasteiger partial charge in [0.15, 0.2) is 5.11 Å². The highest BCUT2D eigenvalue weighted by Gasteiger charge is 2.31. The van der Waals surface area contributed by atoms with Crippen LogP contribution in [0.25, 0.3) is 0 Å². The molecular weight excluding hydrogens is 466 g/mol. The minimum atomic E-state index is -0.396. The van der Waals surface area contributed by atoms with E-state index in [4.69, 9.17) is 33.3 Å². The highest BCUT2D eigenvalue weighted by molar-refractivity contribution is 7.80. The van der Waals surface area contributed by atoms with Crippen molar-refractivity contribution >= 4 is 40.3 Å². The summed E-state index contributed by atoms with van der Waals surface area (Å²) in [7, 11) is 0. The number of thiocarbonyl (C=S) groups is 1. The van der Waals surface area contributed by atoms with Gasteiger partial charge in [0.05, 0.1) is 16.4 Å². The molecule has 1 aliphatic heterocycles. The third-order valence-corrected chi connectivity index (χ3v) is 6.07. The van der Waals surface area contributed by atoms with Crippen molar-refractivity contribution in [3.05, 3.63) is 87.9 Å². The van der Waals surface area contributed by atoms with Gasteiger partial charge < -0.3 is 14.8 Å². The first-order chi connectivity index (χ1) is 16.2. The third kappa shape index (κ3) is 5.88. The predicted molar refractivity (Wildman–Crippen MR) is 143 cm³/mol. The molecule has 0 amide bonds. The van der Waals surface area contributed by atoms with Crippen molar-refractivity contribution in [2.45, 2.75) is 46.3 Å². The molecular formula is C27H28ClN3O2S. The Hall–Kier alpha value is -3.09. The highest BCUT2D eigenvalue weighted by atomic mass is 35.5. The van der Waals surface area contributed by atoms with Crippen molar-refractivity contribution in [3.63, 3.8) is 0 Å². The molecule has 7 heteroatoms. The van der Waals surface area contributed by atoms with Crippen LogP contribution in [0.3, 0.4) is 0 Å². The largest absolute Gasteiger partial charge is 0.489 e. The van der Waals surface area contributed by atoms with Crippen LogP contribution in [0.4, 0.5) is 5.69 Å². The van der Waals surface area contributed by atoms with Gasteiger partial charge in [0.2, 0.25) is 0 Å². The molecule has 0 atom stereocenters. The summed E-state index contributed by atoms with van der Waals surface area (Å²) in [5.74, 6) is 1.52. The molecule has 0 saturated heterocycles. The summed E-state index contributed by atoms with van der Waals surface area (Å²) in [6.45, 7) is 8.64. The number of nitrogens with zero attached hydrogens (tertiary/aromatic N) is 1. The first-order valence-electron chi connectivity index (χ1n) is 11.1. The van der Waals surface area contributed by atoms with E-state index in [1.165, 1.54) is 5.56 Å². The highest BCUT2D eigenvalue weighted by Crippen LogP contribution is 2.36. The summed E-state index contributed by atoms with van der Waals surface area (Å²) in [4.78, 5) is 0. The van der Waals surface area contributed by atoms with E-state index in [1.54, 1.807) is 0 Å². The maximum absolute atomic E-state index is 6.31. The number of halogens is 1. The number of hydrogen-bond acceptors (Lipinski definition) is 4. The molecule has 3 aromatic carbocycles. The molecule has 0 unspecified atom stereocenters. The summed E-state index contributed by atoms with van der Waals surface area (Å²) in [6.07, 6.45) is 0.613. The molecule has 4 rings (SSSR count). The van der Waals surface area contributed by atoms with Crippen LogP contribution in [0, 0.1) is 13.8 Å². The monoisotopic (exact) mass is 493 g/mol. The average Bonchev–Trinajstić information content (AvgIpc) is 2.78. The lowest BCUT2D eigenvalue weighted by molar-refractivity contribution is 0.111. The molecule has 0 radical (unpaired) electrons.